The molecular formula is C11H22N2O3S. The number of carbonyl (C=O) groups excluding carboxylic acids is 1. The highest BCUT2D eigenvalue weighted by atomic mass is 32.2. The Morgan fingerprint density at radius 2 is 1.76 bits per heavy atom. The Labute approximate surface area is 104 Å². The minimum Gasteiger partial charge on any atom is -0.352 e. The van der Waals surface area contributed by atoms with Crippen LogP contribution in [0, 0.1) is 0 Å². The normalized spacial score (nSPS) is 19.0. The second-order valence-corrected chi connectivity index (χ2v) is 6.86. The average Bonchev–Trinajstić information content (AvgIpc) is 2.44. The third kappa shape index (κ3) is 5.50. The summed E-state index contributed by atoms with van der Waals surface area (Å²) in [5.74, 6) is -0.204. The smallest absolute Gasteiger partial charge is 0.235 e. The van der Waals surface area contributed by atoms with E-state index in [1.165, 1.54) is 19.9 Å². The molecule has 0 aliphatic heterocycles. The molecule has 0 unspecified atom stereocenters. The van der Waals surface area contributed by atoms with Gasteiger partial charge in [0, 0.05) is 13.1 Å². The van der Waals surface area contributed by atoms with E-state index in [-0.39, 0.29) is 18.5 Å². The quantitative estimate of drug-likeness (QED) is 0.759. The first-order valence-corrected chi connectivity index (χ1v) is 7.95. The number of hydrogen-bond donors (Lipinski definition) is 1. The van der Waals surface area contributed by atoms with Crippen molar-refractivity contribution in [1.29, 1.82) is 0 Å². The van der Waals surface area contributed by atoms with E-state index in [9.17, 15) is 13.2 Å². The van der Waals surface area contributed by atoms with Crippen molar-refractivity contribution in [2.45, 2.75) is 44.6 Å². The molecule has 1 aliphatic rings. The lowest BCUT2D eigenvalue weighted by molar-refractivity contribution is -0.121. The Morgan fingerprint density at radius 1 is 1.24 bits per heavy atom. The Kier molecular flexibility index (Phi) is 5.39. The summed E-state index contributed by atoms with van der Waals surface area (Å²) in [7, 11) is -1.85. The molecule has 1 aliphatic carbocycles. The van der Waals surface area contributed by atoms with Crippen LogP contribution in [0.1, 0.15) is 38.5 Å². The van der Waals surface area contributed by atoms with Crippen LogP contribution in [0.4, 0.5) is 0 Å². The largest absolute Gasteiger partial charge is 0.352 e. The van der Waals surface area contributed by atoms with Crippen LogP contribution < -0.4 is 5.32 Å². The maximum absolute atomic E-state index is 11.7. The van der Waals surface area contributed by atoms with E-state index in [1.54, 1.807) is 0 Å². The second-order valence-electron chi connectivity index (χ2n) is 4.78. The van der Waals surface area contributed by atoms with Gasteiger partial charge in [-0.3, -0.25) is 4.79 Å². The maximum Gasteiger partial charge on any atom is 0.235 e. The Bertz CT molecular complexity index is 346. The number of nitrogens with zero attached hydrogens (tertiary/aromatic N) is 1. The molecule has 1 fully saturated rings. The van der Waals surface area contributed by atoms with Gasteiger partial charge in [0.2, 0.25) is 15.9 Å². The number of carbonyl (C=O) groups is 1. The van der Waals surface area contributed by atoms with Crippen molar-refractivity contribution < 1.29 is 13.2 Å². The molecule has 5 nitrogen and oxygen atoms in total. The predicted molar refractivity (Wildman–Crippen MR) is 67.1 cm³/mol. The molecule has 100 valence electrons. The van der Waals surface area contributed by atoms with E-state index in [2.05, 4.69) is 5.32 Å². The molecular weight excluding hydrogens is 240 g/mol. The van der Waals surface area contributed by atoms with Crippen molar-refractivity contribution in [1.82, 2.24) is 9.62 Å². The molecule has 0 saturated heterocycles. The Balaban J connectivity index is 2.38. The van der Waals surface area contributed by atoms with Crippen LogP contribution >= 0.6 is 0 Å². The number of amides is 1. The molecule has 0 aromatic carbocycles. The van der Waals surface area contributed by atoms with E-state index < -0.39 is 10.0 Å². The first-order chi connectivity index (χ1) is 7.89. The number of rotatable bonds is 4. The first kappa shape index (κ1) is 14.4. The van der Waals surface area contributed by atoms with Crippen LogP contribution in [0.25, 0.3) is 0 Å². The van der Waals surface area contributed by atoms with Crippen LogP contribution in [-0.2, 0) is 14.8 Å². The lowest BCUT2D eigenvalue weighted by Crippen LogP contribution is -2.42. The maximum atomic E-state index is 11.7. The van der Waals surface area contributed by atoms with E-state index in [4.69, 9.17) is 0 Å². The van der Waals surface area contributed by atoms with Crippen LogP contribution in [0.5, 0.6) is 0 Å². The third-order valence-electron chi connectivity index (χ3n) is 3.15. The Hall–Kier alpha value is -0.620. The van der Waals surface area contributed by atoms with Gasteiger partial charge in [-0.1, -0.05) is 25.7 Å². The van der Waals surface area contributed by atoms with Gasteiger partial charge in [0.25, 0.3) is 0 Å². The van der Waals surface area contributed by atoms with Gasteiger partial charge in [0.05, 0.1) is 12.8 Å². The minimum absolute atomic E-state index is 0.0880. The summed E-state index contributed by atoms with van der Waals surface area (Å²) in [6, 6.07) is 0.220. The van der Waals surface area contributed by atoms with Crippen LogP contribution in [-0.4, -0.2) is 44.5 Å². The standard InChI is InChI=1S/C11H22N2O3S/c1-13(17(2,15)16)9-11(14)12-10-7-5-3-4-6-8-10/h10H,3-9H2,1-2H3,(H,12,14). The fraction of sp³-hybridized carbons (Fsp3) is 0.909. The molecule has 1 N–H and O–H groups in total. The van der Waals surface area contributed by atoms with Crippen molar-refractivity contribution in [2.75, 3.05) is 19.8 Å². The number of likely N-dealkylation sites (N-methyl/N-ethyl adjacent to an activating group) is 1. The lowest BCUT2D eigenvalue weighted by Gasteiger charge is -2.19. The van der Waals surface area contributed by atoms with Gasteiger partial charge in [-0.15, -0.1) is 0 Å². The van der Waals surface area contributed by atoms with Crippen LogP contribution in [0.15, 0.2) is 0 Å². The summed E-state index contributed by atoms with van der Waals surface area (Å²) in [4.78, 5) is 11.7. The van der Waals surface area contributed by atoms with Gasteiger partial charge in [-0.05, 0) is 12.8 Å². The van der Waals surface area contributed by atoms with Gasteiger partial charge in [-0.2, -0.15) is 4.31 Å². The van der Waals surface area contributed by atoms with Gasteiger partial charge >= 0.3 is 0 Å². The van der Waals surface area contributed by atoms with Crippen molar-refractivity contribution in [3.63, 3.8) is 0 Å². The first-order valence-electron chi connectivity index (χ1n) is 6.10. The number of hydrogen-bond acceptors (Lipinski definition) is 3. The molecule has 0 radical (unpaired) electrons. The van der Waals surface area contributed by atoms with Crippen molar-refractivity contribution in [2.24, 2.45) is 0 Å². The highest BCUT2D eigenvalue weighted by Crippen LogP contribution is 2.17. The van der Waals surface area contributed by atoms with Crippen LogP contribution in [0.2, 0.25) is 0 Å². The fourth-order valence-electron chi connectivity index (χ4n) is 2.02. The number of sulfonamides is 1. The van der Waals surface area contributed by atoms with Crippen molar-refractivity contribution >= 4 is 15.9 Å². The van der Waals surface area contributed by atoms with Crippen LogP contribution in [0.3, 0.4) is 0 Å². The highest BCUT2D eigenvalue weighted by Gasteiger charge is 2.18. The van der Waals surface area contributed by atoms with Crippen molar-refractivity contribution in [3.8, 4) is 0 Å². The van der Waals surface area contributed by atoms with Gasteiger partial charge in [0.15, 0.2) is 0 Å². The average molecular weight is 262 g/mol. The highest BCUT2D eigenvalue weighted by molar-refractivity contribution is 7.88. The molecule has 1 saturated carbocycles. The number of nitrogens with one attached hydrogen (secondary N) is 1. The zero-order valence-corrected chi connectivity index (χ0v) is 11.4. The molecule has 0 bridgehead atoms. The fourth-order valence-corrected chi connectivity index (χ4v) is 2.37. The molecule has 6 heteroatoms. The monoisotopic (exact) mass is 262 g/mol. The molecule has 0 spiro atoms. The summed E-state index contributed by atoms with van der Waals surface area (Å²) < 4.78 is 23.4. The minimum atomic E-state index is -3.27. The molecule has 17 heavy (non-hydrogen) atoms. The summed E-state index contributed by atoms with van der Waals surface area (Å²) >= 11 is 0. The molecule has 0 aromatic rings. The topological polar surface area (TPSA) is 66.5 Å². The van der Waals surface area contributed by atoms with Gasteiger partial charge in [-0.25, -0.2) is 8.42 Å². The third-order valence-corrected chi connectivity index (χ3v) is 4.41. The summed E-state index contributed by atoms with van der Waals surface area (Å²) in [6.07, 6.45) is 7.87. The summed E-state index contributed by atoms with van der Waals surface area (Å²) in [5.41, 5.74) is 0. The van der Waals surface area contributed by atoms with E-state index in [1.807, 2.05) is 0 Å². The molecule has 0 aromatic heterocycles. The predicted octanol–water partition coefficient (Wildman–Crippen LogP) is 0.717. The van der Waals surface area contributed by atoms with E-state index in [0.29, 0.717) is 0 Å². The SMILES string of the molecule is CN(CC(=O)NC1CCCCCC1)S(C)(=O)=O. The summed E-state index contributed by atoms with van der Waals surface area (Å²) in [6.45, 7) is -0.0880. The van der Waals surface area contributed by atoms with E-state index in [0.717, 1.165) is 36.2 Å². The second kappa shape index (κ2) is 6.35. The molecule has 1 amide bonds. The van der Waals surface area contributed by atoms with E-state index >= 15 is 0 Å². The molecule has 1 rings (SSSR count). The van der Waals surface area contributed by atoms with Crippen molar-refractivity contribution in [3.05, 3.63) is 0 Å². The van der Waals surface area contributed by atoms with Gasteiger partial charge in [0.1, 0.15) is 0 Å². The zero-order valence-electron chi connectivity index (χ0n) is 10.6. The molecule has 0 heterocycles. The van der Waals surface area contributed by atoms with Gasteiger partial charge < -0.3 is 5.32 Å². The zero-order chi connectivity index (χ0) is 12.9. The lowest BCUT2D eigenvalue weighted by atomic mass is 10.1. The molecule has 0 atom stereocenters. The summed E-state index contributed by atoms with van der Waals surface area (Å²) in [5, 5.41) is 2.92. The Morgan fingerprint density at radius 3 is 2.24 bits per heavy atom.